The van der Waals surface area contributed by atoms with Gasteiger partial charge in [-0.15, -0.1) is 0 Å². The molecule has 0 saturated heterocycles. The number of anilines is 1. The maximum atomic E-state index is 9.74. The number of H-pyrrole nitrogens is 1. The fourth-order valence-corrected chi connectivity index (χ4v) is 2.08. The summed E-state index contributed by atoms with van der Waals surface area (Å²) in [7, 11) is 0. The van der Waals surface area contributed by atoms with E-state index in [1.807, 2.05) is 31.3 Å². The average Bonchev–Trinajstić information content (AvgIpc) is 2.87. The third-order valence-corrected chi connectivity index (χ3v) is 3.10. The van der Waals surface area contributed by atoms with Gasteiger partial charge in [-0.25, -0.2) is 0 Å². The van der Waals surface area contributed by atoms with Crippen molar-refractivity contribution in [2.75, 3.05) is 5.32 Å². The lowest BCUT2D eigenvalue weighted by molar-refractivity contribution is 0.464. The summed E-state index contributed by atoms with van der Waals surface area (Å²) in [5.41, 5.74) is 3.68. The van der Waals surface area contributed by atoms with E-state index in [1.54, 1.807) is 12.1 Å². The Morgan fingerprint density at radius 2 is 2.11 bits per heavy atom. The van der Waals surface area contributed by atoms with E-state index in [0.29, 0.717) is 12.2 Å². The Morgan fingerprint density at radius 1 is 1.21 bits per heavy atom. The van der Waals surface area contributed by atoms with Gasteiger partial charge in [0.1, 0.15) is 11.4 Å². The van der Waals surface area contributed by atoms with Crippen molar-refractivity contribution in [3.05, 3.63) is 54.0 Å². The van der Waals surface area contributed by atoms with Gasteiger partial charge < -0.3 is 15.4 Å². The standard InChI is InChI=1S/C15H15N3O/c1-10-2-5-15(19)14(18-10)9-17-12-3-4-13-11(8-12)6-7-16-13/h2-8,16-17,19H,9H2,1H3. The Bertz CT molecular complexity index is 718. The number of nitrogens with one attached hydrogen (secondary N) is 2. The fraction of sp³-hybridized carbons (Fsp3) is 0.133. The molecule has 19 heavy (non-hydrogen) atoms. The quantitative estimate of drug-likeness (QED) is 0.671. The first kappa shape index (κ1) is 11.6. The van der Waals surface area contributed by atoms with E-state index in [4.69, 9.17) is 0 Å². The van der Waals surface area contributed by atoms with Gasteiger partial charge in [0.25, 0.3) is 0 Å². The number of fused-ring (bicyclic) bond motifs is 1. The molecule has 0 aliphatic carbocycles. The van der Waals surface area contributed by atoms with Crippen LogP contribution in [0.15, 0.2) is 42.6 Å². The van der Waals surface area contributed by atoms with Crippen molar-refractivity contribution >= 4 is 16.6 Å². The Hall–Kier alpha value is -2.49. The third kappa shape index (κ3) is 2.38. The number of hydrogen-bond acceptors (Lipinski definition) is 3. The molecule has 3 N–H and O–H groups in total. The number of aromatic hydroxyl groups is 1. The van der Waals surface area contributed by atoms with Crippen LogP contribution in [0.2, 0.25) is 0 Å². The van der Waals surface area contributed by atoms with E-state index in [-0.39, 0.29) is 5.75 Å². The highest BCUT2D eigenvalue weighted by molar-refractivity contribution is 5.82. The Balaban J connectivity index is 1.79. The predicted octanol–water partition coefficient (Wildman–Crippen LogP) is 3.19. The van der Waals surface area contributed by atoms with Gasteiger partial charge in [0, 0.05) is 28.5 Å². The van der Waals surface area contributed by atoms with Gasteiger partial charge in [0.2, 0.25) is 0 Å². The van der Waals surface area contributed by atoms with Crippen LogP contribution in [0.25, 0.3) is 10.9 Å². The van der Waals surface area contributed by atoms with Crippen LogP contribution in [0, 0.1) is 6.92 Å². The molecular weight excluding hydrogens is 238 g/mol. The zero-order chi connectivity index (χ0) is 13.2. The Morgan fingerprint density at radius 3 is 3.00 bits per heavy atom. The first-order chi connectivity index (χ1) is 9.22. The molecule has 0 atom stereocenters. The minimum atomic E-state index is 0.223. The summed E-state index contributed by atoms with van der Waals surface area (Å²) in [5.74, 6) is 0.223. The normalized spacial score (nSPS) is 10.8. The van der Waals surface area contributed by atoms with Crippen LogP contribution in [0.5, 0.6) is 5.75 Å². The molecule has 0 saturated carbocycles. The third-order valence-electron chi connectivity index (χ3n) is 3.10. The van der Waals surface area contributed by atoms with Gasteiger partial charge in [0.05, 0.1) is 6.54 Å². The van der Waals surface area contributed by atoms with Crippen molar-refractivity contribution in [2.24, 2.45) is 0 Å². The maximum absolute atomic E-state index is 9.74. The molecule has 0 aliphatic rings. The second kappa shape index (κ2) is 4.65. The van der Waals surface area contributed by atoms with Crippen LogP contribution in [-0.2, 0) is 6.54 Å². The molecule has 2 heterocycles. The maximum Gasteiger partial charge on any atom is 0.138 e. The van der Waals surface area contributed by atoms with Gasteiger partial charge >= 0.3 is 0 Å². The van der Waals surface area contributed by atoms with E-state index in [9.17, 15) is 5.11 Å². The van der Waals surface area contributed by atoms with Gasteiger partial charge in [-0.3, -0.25) is 4.98 Å². The molecule has 0 bridgehead atoms. The van der Waals surface area contributed by atoms with E-state index < -0.39 is 0 Å². The summed E-state index contributed by atoms with van der Waals surface area (Å²) in [6.45, 7) is 2.41. The number of aromatic nitrogens is 2. The van der Waals surface area contributed by atoms with Crippen LogP contribution in [0.1, 0.15) is 11.4 Å². The van der Waals surface area contributed by atoms with Crippen molar-refractivity contribution in [3.8, 4) is 5.75 Å². The molecule has 3 aromatic rings. The Kier molecular flexibility index (Phi) is 2.83. The molecule has 4 heteroatoms. The molecule has 0 spiro atoms. The van der Waals surface area contributed by atoms with Gasteiger partial charge in [-0.1, -0.05) is 0 Å². The van der Waals surface area contributed by atoms with Crippen molar-refractivity contribution < 1.29 is 5.11 Å². The SMILES string of the molecule is Cc1ccc(O)c(CNc2ccc3[nH]ccc3c2)n1. The van der Waals surface area contributed by atoms with Crippen molar-refractivity contribution in [3.63, 3.8) is 0 Å². The van der Waals surface area contributed by atoms with E-state index in [1.165, 1.54) is 0 Å². The first-order valence-electron chi connectivity index (χ1n) is 6.19. The van der Waals surface area contributed by atoms with E-state index in [0.717, 1.165) is 22.3 Å². The molecule has 1 aromatic carbocycles. The number of rotatable bonds is 3. The molecule has 4 nitrogen and oxygen atoms in total. The number of aromatic amines is 1. The highest BCUT2D eigenvalue weighted by Crippen LogP contribution is 2.20. The zero-order valence-electron chi connectivity index (χ0n) is 10.6. The highest BCUT2D eigenvalue weighted by atomic mass is 16.3. The minimum Gasteiger partial charge on any atom is -0.506 e. The summed E-state index contributed by atoms with van der Waals surface area (Å²) in [6, 6.07) is 11.6. The lowest BCUT2D eigenvalue weighted by atomic mass is 10.2. The van der Waals surface area contributed by atoms with Crippen molar-refractivity contribution in [2.45, 2.75) is 13.5 Å². The summed E-state index contributed by atoms with van der Waals surface area (Å²) < 4.78 is 0. The van der Waals surface area contributed by atoms with Gasteiger partial charge in [-0.2, -0.15) is 0 Å². The van der Waals surface area contributed by atoms with Crippen LogP contribution in [-0.4, -0.2) is 15.1 Å². The van der Waals surface area contributed by atoms with Crippen LogP contribution in [0.3, 0.4) is 0 Å². The second-order valence-corrected chi connectivity index (χ2v) is 4.55. The van der Waals surface area contributed by atoms with Gasteiger partial charge in [0.15, 0.2) is 0 Å². The molecule has 96 valence electrons. The molecule has 0 aliphatic heterocycles. The van der Waals surface area contributed by atoms with Crippen molar-refractivity contribution in [1.82, 2.24) is 9.97 Å². The number of hydrogen-bond donors (Lipinski definition) is 3. The Labute approximate surface area is 111 Å². The predicted molar refractivity (Wildman–Crippen MR) is 76.3 cm³/mol. The summed E-state index contributed by atoms with van der Waals surface area (Å²) in [6.07, 6.45) is 1.92. The molecule has 0 unspecified atom stereocenters. The largest absolute Gasteiger partial charge is 0.506 e. The molecule has 2 aromatic heterocycles. The number of benzene rings is 1. The molecule has 0 amide bonds. The minimum absolute atomic E-state index is 0.223. The topological polar surface area (TPSA) is 60.9 Å². The highest BCUT2D eigenvalue weighted by Gasteiger charge is 2.03. The number of pyridine rings is 1. The van der Waals surface area contributed by atoms with Crippen molar-refractivity contribution in [1.29, 1.82) is 0 Å². The van der Waals surface area contributed by atoms with Crippen LogP contribution < -0.4 is 5.32 Å². The smallest absolute Gasteiger partial charge is 0.138 e. The van der Waals surface area contributed by atoms with Crippen LogP contribution in [0.4, 0.5) is 5.69 Å². The van der Waals surface area contributed by atoms with E-state index in [2.05, 4.69) is 21.4 Å². The summed E-state index contributed by atoms with van der Waals surface area (Å²) >= 11 is 0. The zero-order valence-corrected chi connectivity index (χ0v) is 10.6. The van der Waals surface area contributed by atoms with Crippen LogP contribution >= 0.6 is 0 Å². The molecule has 0 radical (unpaired) electrons. The molecular formula is C15H15N3O. The number of aryl methyl sites for hydroxylation is 1. The monoisotopic (exact) mass is 253 g/mol. The summed E-state index contributed by atoms with van der Waals surface area (Å²) in [5, 5.41) is 14.2. The molecule has 3 rings (SSSR count). The molecule has 0 fully saturated rings. The summed E-state index contributed by atoms with van der Waals surface area (Å²) in [4.78, 5) is 7.48. The lowest BCUT2D eigenvalue weighted by Crippen LogP contribution is -2.02. The fourth-order valence-electron chi connectivity index (χ4n) is 2.08. The van der Waals surface area contributed by atoms with Gasteiger partial charge in [-0.05, 0) is 43.3 Å². The lowest BCUT2D eigenvalue weighted by Gasteiger charge is -2.08. The average molecular weight is 253 g/mol. The van der Waals surface area contributed by atoms with E-state index >= 15 is 0 Å². The number of nitrogens with zero attached hydrogens (tertiary/aromatic N) is 1. The second-order valence-electron chi connectivity index (χ2n) is 4.55. The first-order valence-corrected chi connectivity index (χ1v) is 6.19.